The number of carbonyl (C=O) groups is 1. The van der Waals surface area contributed by atoms with Gasteiger partial charge < -0.3 is 14.8 Å². The van der Waals surface area contributed by atoms with Gasteiger partial charge in [0, 0.05) is 23.7 Å². The fraction of sp³-hybridized carbons (Fsp3) is 0.316. The van der Waals surface area contributed by atoms with Gasteiger partial charge in [0.15, 0.2) is 0 Å². The van der Waals surface area contributed by atoms with E-state index in [0.717, 1.165) is 25.0 Å². The highest BCUT2D eigenvalue weighted by Gasteiger charge is 2.16. The van der Waals surface area contributed by atoms with Gasteiger partial charge in [-0.3, -0.25) is 4.79 Å². The molecule has 1 aliphatic rings. The maximum atomic E-state index is 12.1. The number of rotatable bonds is 6. The molecule has 25 heavy (non-hydrogen) atoms. The molecule has 0 bridgehead atoms. The quantitative estimate of drug-likeness (QED) is 0.804. The summed E-state index contributed by atoms with van der Waals surface area (Å²) in [5.74, 6) is 0.480. The van der Waals surface area contributed by atoms with Gasteiger partial charge in [0.1, 0.15) is 12.4 Å². The summed E-state index contributed by atoms with van der Waals surface area (Å²) in [5.41, 5.74) is 1.56. The van der Waals surface area contributed by atoms with Gasteiger partial charge in [-0.15, -0.1) is 0 Å². The Labute approximate surface area is 157 Å². The number of nitrogens with one attached hydrogen (secondary N) is 1. The van der Waals surface area contributed by atoms with Gasteiger partial charge in [-0.2, -0.15) is 0 Å². The van der Waals surface area contributed by atoms with Crippen molar-refractivity contribution in [3.8, 4) is 5.75 Å². The zero-order chi connectivity index (χ0) is 17.6. The minimum Gasteiger partial charge on any atom is -0.487 e. The van der Waals surface area contributed by atoms with Crippen molar-refractivity contribution in [2.45, 2.75) is 25.6 Å². The Morgan fingerprint density at radius 3 is 2.68 bits per heavy atom. The second-order valence-corrected chi connectivity index (χ2v) is 6.75. The van der Waals surface area contributed by atoms with E-state index in [1.807, 2.05) is 12.1 Å². The summed E-state index contributed by atoms with van der Waals surface area (Å²) in [6.45, 7) is 1.70. The van der Waals surface area contributed by atoms with Crippen LogP contribution in [0.5, 0.6) is 5.75 Å². The lowest BCUT2D eigenvalue weighted by atomic mass is 10.1. The van der Waals surface area contributed by atoms with E-state index in [1.54, 1.807) is 30.3 Å². The molecular formula is C19H19Cl2NO3. The molecule has 0 aromatic heterocycles. The summed E-state index contributed by atoms with van der Waals surface area (Å²) in [6, 6.07) is 12.4. The summed E-state index contributed by atoms with van der Waals surface area (Å²) >= 11 is 11.9. The molecule has 132 valence electrons. The van der Waals surface area contributed by atoms with E-state index in [1.165, 1.54) is 0 Å². The Hall–Kier alpha value is -1.75. The summed E-state index contributed by atoms with van der Waals surface area (Å²) < 4.78 is 11.2. The van der Waals surface area contributed by atoms with Gasteiger partial charge in [0.05, 0.1) is 11.1 Å². The highest BCUT2D eigenvalue weighted by molar-refractivity contribution is 6.35. The van der Waals surface area contributed by atoms with Gasteiger partial charge in [-0.1, -0.05) is 35.3 Å². The first-order valence-electron chi connectivity index (χ1n) is 8.18. The number of amides is 1. The topological polar surface area (TPSA) is 47.6 Å². The van der Waals surface area contributed by atoms with Gasteiger partial charge in [0.2, 0.25) is 0 Å². The van der Waals surface area contributed by atoms with E-state index in [-0.39, 0.29) is 12.0 Å². The van der Waals surface area contributed by atoms with Crippen molar-refractivity contribution in [2.75, 3.05) is 13.2 Å². The van der Waals surface area contributed by atoms with Crippen LogP contribution in [-0.2, 0) is 11.3 Å². The first-order valence-corrected chi connectivity index (χ1v) is 8.94. The fourth-order valence-corrected chi connectivity index (χ4v) is 3.08. The average Bonchev–Trinajstić information content (AvgIpc) is 3.13. The number of hydrogen-bond donors (Lipinski definition) is 1. The first kappa shape index (κ1) is 18.1. The second-order valence-electron chi connectivity index (χ2n) is 5.91. The molecule has 0 spiro atoms. The zero-order valence-corrected chi connectivity index (χ0v) is 15.1. The van der Waals surface area contributed by atoms with E-state index >= 15 is 0 Å². The predicted octanol–water partition coefficient (Wildman–Crippen LogP) is 4.48. The molecular weight excluding hydrogens is 361 g/mol. The zero-order valence-electron chi connectivity index (χ0n) is 13.6. The molecule has 2 aromatic carbocycles. The molecule has 1 saturated heterocycles. The molecule has 1 amide bonds. The number of benzene rings is 2. The third-order valence-electron chi connectivity index (χ3n) is 4.02. The maximum absolute atomic E-state index is 12.1. The Bertz CT molecular complexity index is 728. The molecule has 0 radical (unpaired) electrons. The van der Waals surface area contributed by atoms with E-state index < -0.39 is 0 Å². The first-order chi connectivity index (χ1) is 12.1. The number of halogens is 2. The molecule has 1 heterocycles. The Morgan fingerprint density at radius 1 is 1.20 bits per heavy atom. The van der Waals surface area contributed by atoms with Crippen LogP contribution in [0.2, 0.25) is 10.0 Å². The smallest absolute Gasteiger partial charge is 0.251 e. The molecule has 1 fully saturated rings. The molecule has 1 aliphatic heterocycles. The van der Waals surface area contributed by atoms with E-state index in [0.29, 0.717) is 34.5 Å². The number of carbonyl (C=O) groups excluding carboxylic acids is 1. The summed E-state index contributed by atoms with van der Waals surface area (Å²) in [6.07, 6.45) is 2.21. The fourth-order valence-electron chi connectivity index (χ4n) is 2.62. The van der Waals surface area contributed by atoms with Gasteiger partial charge in [-0.25, -0.2) is 0 Å². The lowest BCUT2D eigenvalue weighted by Gasteiger charge is -2.11. The summed E-state index contributed by atoms with van der Waals surface area (Å²) in [5, 5.41) is 3.94. The van der Waals surface area contributed by atoms with Crippen LogP contribution in [0.25, 0.3) is 0 Å². The highest BCUT2D eigenvalue weighted by atomic mass is 35.5. The largest absolute Gasteiger partial charge is 0.487 e. The Balaban J connectivity index is 1.51. The van der Waals surface area contributed by atoms with Crippen molar-refractivity contribution in [1.29, 1.82) is 0 Å². The third kappa shape index (κ3) is 5.11. The molecule has 3 rings (SSSR count). The second kappa shape index (κ2) is 8.56. The van der Waals surface area contributed by atoms with E-state index in [2.05, 4.69) is 5.32 Å². The van der Waals surface area contributed by atoms with Crippen molar-refractivity contribution in [2.24, 2.45) is 0 Å². The summed E-state index contributed by atoms with van der Waals surface area (Å²) in [7, 11) is 0. The SMILES string of the molecule is O=C(NCC1CCCO1)c1ccc(COc2ccc(Cl)cc2Cl)cc1. The lowest BCUT2D eigenvalue weighted by Crippen LogP contribution is -2.31. The predicted molar refractivity (Wildman–Crippen MR) is 98.5 cm³/mol. The average molecular weight is 380 g/mol. The lowest BCUT2D eigenvalue weighted by molar-refractivity contribution is 0.0857. The molecule has 0 saturated carbocycles. The summed E-state index contributed by atoms with van der Waals surface area (Å²) in [4.78, 5) is 12.1. The van der Waals surface area contributed by atoms with Gasteiger partial charge >= 0.3 is 0 Å². The van der Waals surface area contributed by atoms with Gasteiger partial charge in [0.25, 0.3) is 5.91 Å². The van der Waals surface area contributed by atoms with Crippen molar-refractivity contribution in [3.63, 3.8) is 0 Å². The van der Waals surface area contributed by atoms with Crippen LogP contribution in [0.3, 0.4) is 0 Å². The minimum atomic E-state index is -0.0938. The molecule has 1 atom stereocenters. The molecule has 4 nitrogen and oxygen atoms in total. The van der Waals surface area contributed by atoms with Crippen molar-refractivity contribution in [3.05, 3.63) is 63.6 Å². The minimum absolute atomic E-state index is 0.0938. The highest BCUT2D eigenvalue weighted by Crippen LogP contribution is 2.28. The van der Waals surface area contributed by atoms with Crippen LogP contribution in [0.4, 0.5) is 0 Å². The number of hydrogen-bond acceptors (Lipinski definition) is 3. The third-order valence-corrected chi connectivity index (χ3v) is 4.55. The van der Waals surface area contributed by atoms with Crippen LogP contribution < -0.4 is 10.1 Å². The van der Waals surface area contributed by atoms with Crippen LogP contribution >= 0.6 is 23.2 Å². The van der Waals surface area contributed by atoms with Crippen LogP contribution in [-0.4, -0.2) is 25.2 Å². The van der Waals surface area contributed by atoms with Crippen LogP contribution in [0, 0.1) is 0 Å². The standard InChI is InChI=1S/C19H19Cl2NO3/c20-15-7-8-18(17(21)10-15)25-12-13-3-5-14(6-4-13)19(23)22-11-16-2-1-9-24-16/h3-8,10,16H,1-2,9,11-12H2,(H,22,23). The molecule has 1 N–H and O–H groups in total. The molecule has 1 unspecified atom stereocenters. The van der Waals surface area contributed by atoms with Gasteiger partial charge in [-0.05, 0) is 48.7 Å². The van der Waals surface area contributed by atoms with Crippen molar-refractivity contribution in [1.82, 2.24) is 5.32 Å². The molecule has 2 aromatic rings. The Morgan fingerprint density at radius 2 is 2.00 bits per heavy atom. The normalized spacial score (nSPS) is 16.6. The van der Waals surface area contributed by atoms with E-state index in [9.17, 15) is 4.79 Å². The van der Waals surface area contributed by atoms with Crippen LogP contribution in [0.15, 0.2) is 42.5 Å². The van der Waals surface area contributed by atoms with Crippen molar-refractivity contribution >= 4 is 29.1 Å². The molecule has 0 aliphatic carbocycles. The van der Waals surface area contributed by atoms with Crippen molar-refractivity contribution < 1.29 is 14.3 Å². The monoisotopic (exact) mass is 379 g/mol. The van der Waals surface area contributed by atoms with E-state index in [4.69, 9.17) is 32.7 Å². The maximum Gasteiger partial charge on any atom is 0.251 e. The number of ether oxygens (including phenoxy) is 2. The molecule has 6 heteroatoms. The Kier molecular flexibility index (Phi) is 6.19. The van der Waals surface area contributed by atoms with Crippen LogP contribution in [0.1, 0.15) is 28.8 Å².